The van der Waals surface area contributed by atoms with Gasteiger partial charge in [-0.1, -0.05) is 71.6 Å². The summed E-state index contributed by atoms with van der Waals surface area (Å²) in [7, 11) is 0. The third-order valence-electron chi connectivity index (χ3n) is 5.39. The van der Waals surface area contributed by atoms with E-state index in [2.05, 4.69) is 6.92 Å². The first kappa shape index (κ1) is 27.3. The van der Waals surface area contributed by atoms with Gasteiger partial charge in [-0.15, -0.1) is 0 Å². The molecule has 0 aliphatic carbocycles. The molecule has 1 aliphatic rings. The standard InChI is InChI=1S/C24H46O6/c1-5-7-8-9-10-11-12-13-14-15-17-27-19-21-23(30-24(3,4)29-21)20(25)18-28-22(26)16-6-2/h20-21,23,25H,5-19H2,1-4H3/t20-,21+,23+/m1/s1. The molecule has 6 heteroatoms. The molecule has 0 unspecified atom stereocenters. The molecule has 0 saturated carbocycles. The van der Waals surface area contributed by atoms with Crippen LogP contribution >= 0.6 is 0 Å². The lowest BCUT2D eigenvalue weighted by Gasteiger charge is -2.22. The first-order valence-corrected chi connectivity index (χ1v) is 12.2. The van der Waals surface area contributed by atoms with Crippen LogP contribution in [-0.4, -0.2) is 55.0 Å². The van der Waals surface area contributed by atoms with Crippen LogP contribution in [0, 0.1) is 0 Å². The van der Waals surface area contributed by atoms with Gasteiger partial charge in [-0.05, 0) is 26.7 Å². The van der Waals surface area contributed by atoms with Crippen LogP contribution in [0.4, 0.5) is 0 Å². The quantitative estimate of drug-likeness (QED) is 0.239. The zero-order valence-electron chi connectivity index (χ0n) is 19.8. The fraction of sp³-hybridized carbons (Fsp3) is 0.958. The molecule has 1 aliphatic heterocycles. The molecule has 0 aromatic carbocycles. The van der Waals surface area contributed by atoms with Crippen molar-refractivity contribution in [3.8, 4) is 0 Å². The third-order valence-corrected chi connectivity index (χ3v) is 5.39. The Morgan fingerprint density at radius 1 is 0.933 bits per heavy atom. The predicted octanol–water partition coefficient (Wildman–Crippen LogP) is 5.15. The number of hydrogen-bond donors (Lipinski definition) is 1. The highest BCUT2D eigenvalue weighted by Crippen LogP contribution is 2.30. The molecule has 0 aromatic rings. The summed E-state index contributed by atoms with van der Waals surface area (Å²) in [5.74, 6) is -1.09. The topological polar surface area (TPSA) is 74.2 Å². The van der Waals surface area contributed by atoms with E-state index in [-0.39, 0.29) is 18.7 Å². The van der Waals surface area contributed by atoms with Gasteiger partial charge in [0.05, 0.1) is 6.61 Å². The molecular formula is C24H46O6. The zero-order chi connectivity index (χ0) is 22.2. The highest BCUT2D eigenvalue weighted by molar-refractivity contribution is 5.69. The number of esters is 1. The first-order valence-electron chi connectivity index (χ1n) is 12.2. The minimum atomic E-state index is -0.932. The average Bonchev–Trinajstić information content (AvgIpc) is 3.01. The van der Waals surface area contributed by atoms with Crippen LogP contribution in [0.25, 0.3) is 0 Å². The van der Waals surface area contributed by atoms with Crippen molar-refractivity contribution in [1.82, 2.24) is 0 Å². The van der Waals surface area contributed by atoms with Crippen molar-refractivity contribution in [2.45, 2.75) is 129 Å². The Kier molecular flexibility index (Phi) is 14.6. The minimum Gasteiger partial charge on any atom is -0.463 e. The average molecular weight is 431 g/mol. The van der Waals surface area contributed by atoms with Crippen molar-refractivity contribution < 1.29 is 28.8 Å². The van der Waals surface area contributed by atoms with Gasteiger partial charge < -0.3 is 24.1 Å². The minimum absolute atomic E-state index is 0.0854. The predicted molar refractivity (Wildman–Crippen MR) is 118 cm³/mol. The van der Waals surface area contributed by atoms with E-state index in [9.17, 15) is 9.90 Å². The second kappa shape index (κ2) is 16.0. The Morgan fingerprint density at radius 2 is 1.53 bits per heavy atom. The van der Waals surface area contributed by atoms with Gasteiger partial charge in [0, 0.05) is 13.0 Å². The molecular weight excluding hydrogens is 384 g/mol. The van der Waals surface area contributed by atoms with Crippen LogP contribution in [0.5, 0.6) is 0 Å². The highest BCUT2D eigenvalue weighted by Gasteiger charge is 2.45. The van der Waals surface area contributed by atoms with Gasteiger partial charge in [-0.2, -0.15) is 0 Å². The van der Waals surface area contributed by atoms with Gasteiger partial charge >= 0.3 is 5.97 Å². The van der Waals surface area contributed by atoms with Crippen LogP contribution in [0.1, 0.15) is 105 Å². The highest BCUT2D eigenvalue weighted by atomic mass is 16.8. The second-order valence-corrected chi connectivity index (χ2v) is 8.90. The summed E-state index contributed by atoms with van der Waals surface area (Å²) >= 11 is 0. The first-order chi connectivity index (χ1) is 14.4. The summed E-state index contributed by atoms with van der Waals surface area (Å²) < 4.78 is 22.6. The summed E-state index contributed by atoms with van der Waals surface area (Å²) in [5, 5.41) is 10.4. The molecule has 30 heavy (non-hydrogen) atoms. The summed E-state index contributed by atoms with van der Waals surface area (Å²) in [6.45, 7) is 8.77. The van der Waals surface area contributed by atoms with E-state index in [0.717, 1.165) is 12.8 Å². The lowest BCUT2D eigenvalue weighted by Crippen LogP contribution is -2.41. The molecule has 1 rings (SSSR count). The van der Waals surface area contributed by atoms with E-state index < -0.39 is 18.0 Å². The Bertz CT molecular complexity index is 439. The van der Waals surface area contributed by atoms with Gasteiger partial charge in [0.1, 0.15) is 24.9 Å². The lowest BCUT2D eigenvalue weighted by atomic mass is 10.1. The Hall–Kier alpha value is -0.690. The van der Waals surface area contributed by atoms with Crippen LogP contribution in [-0.2, 0) is 23.7 Å². The number of carbonyl (C=O) groups excluding carboxylic acids is 1. The number of aliphatic hydroxyl groups excluding tert-OH is 1. The fourth-order valence-corrected chi connectivity index (χ4v) is 3.76. The molecule has 0 aromatic heterocycles. The van der Waals surface area contributed by atoms with Gasteiger partial charge in [0.25, 0.3) is 0 Å². The Morgan fingerprint density at radius 3 is 2.13 bits per heavy atom. The molecule has 1 fully saturated rings. The van der Waals surface area contributed by atoms with Gasteiger partial charge in [0.15, 0.2) is 5.79 Å². The van der Waals surface area contributed by atoms with E-state index in [1.807, 2.05) is 20.8 Å². The van der Waals surface area contributed by atoms with Crippen molar-refractivity contribution in [2.24, 2.45) is 0 Å². The van der Waals surface area contributed by atoms with Crippen molar-refractivity contribution >= 4 is 5.97 Å². The monoisotopic (exact) mass is 430 g/mol. The van der Waals surface area contributed by atoms with E-state index in [0.29, 0.717) is 19.6 Å². The van der Waals surface area contributed by atoms with Crippen molar-refractivity contribution in [3.05, 3.63) is 0 Å². The number of unbranched alkanes of at least 4 members (excludes halogenated alkanes) is 9. The van der Waals surface area contributed by atoms with E-state index in [1.54, 1.807) is 0 Å². The van der Waals surface area contributed by atoms with Crippen molar-refractivity contribution in [1.29, 1.82) is 0 Å². The molecule has 3 atom stereocenters. The molecule has 0 amide bonds. The number of ether oxygens (including phenoxy) is 4. The van der Waals surface area contributed by atoms with Crippen LogP contribution in [0.15, 0.2) is 0 Å². The van der Waals surface area contributed by atoms with E-state index in [1.165, 1.54) is 57.8 Å². The number of aliphatic hydroxyl groups is 1. The summed E-state index contributed by atoms with van der Waals surface area (Å²) in [5.41, 5.74) is 0. The molecule has 0 bridgehead atoms. The number of hydrogen-bond acceptors (Lipinski definition) is 6. The SMILES string of the molecule is CCCCCCCCCCCCOC[C@@H]1OC(C)(C)O[C@H]1[C@H](O)COC(=O)CCC. The van der Waals surface area contributed by atoms with Crippen LogP contribution < -0.4 is 0 Å². The molecule has 1 N–H and O–H groups in total. The van der Waals surface area contributed by atoms with Gasteiger partial charge in [-0.25, -0.2) is 0 Å². The van der Waals surface area contributed by atoms with Crippen molar-refractivity contribution in [2.75, 3.05) is 19.8 Å². The Labute approximate surface area is 184 Å². The number of carbonyl (C=O) groups is 1. The molecule has 6 nitrogen and oxygen atoms in total. The molecule has 0 spiro atoms. The Balaban J connectivity index is 2.15. The maximum Gasteiger partial charge on any atom is 0.305 e. The summed E-state index contributed by atoms with van der Waals surface area (Å²) in [4.78, 5) is 11.5. The van der Waals surface area contributed by atoms with E-state index >= 15 is 0 Å². The molecule has 1 saturated heterocycles. The summed E-state index contributed by atoms with van der Waals surface area (Å²) in [6, 6.07) is 0. The van der Waals surface area contributed by atoms with Crippen LogP contribution in [0.3, 0.4) is 0 Å². The van der Waals surface area contributed by atoms with Gasteiger partial charge in [0.2, 0.25) is 0 Å². The third kappa shape index (κ3) is 12.2. The zero-order valence-corrected chi connectivity index (χ0v) is 19.8. The largest absolute Gasteiger partial charge is 0.463 e. The smallest absolute Gasteiger partial charge is 0.305 e. The number of rotatable bonds is 18. The maximum atomic E-state index is 11.5. The van der Waals surface area contributed by atoms with Crippen molar-refractivity contribution in [3.63, 3.8) is 0 Å². The second-order valence-electron chi connectivity index (χ2n) is 8.90. The normalized spacial score (nSPS) is 21.6. The molecule has 0 radical (unpaired) electrons. The summed E-state index contributed by atoms with van der Waals surface area (Å²) in [6.07, 6.45) is 12.1. The molecule has 178 valence electrons. The maximum absolute atomic E-state index is 11.5. The van der Waals surface area contributed by atoms with Gasteiger partial charge in [-0.3, -0.25) is 4.79 Å². The lowest BCUT2D eigenvalue weighted by molar-refractivity contribution is -0.164. The van der Waals surface area contributed by atoms with Crippen LogP contribution in [0.2, 0.25) is 0 Å². The fourth-order valence-electron chi connectivity index (χ4n) is 3.76. The van der Waals surface area contributed by atoms with E-state index in [4.69, 9.17) is 18.9 Å². The molecule has 1 heterocycles.